The van der Waals surface area contributed by atoms with Gasteiger partial charge in [0, 0.05) is 29.4 Å². The zero-order valence-corrected chi connectivity index (χ0v) is 17.7. The zero-order chi connectivity index (χ0) is 19.6. The number of hydrogen-bond acceptors (Lipinski definition) is 4. The van der Waals surface area contributed by atoms with Crippen molar-refractivity contribution in [2.24, 2.45) is 0 Å². The van der Waals surface area contributed by atoms with E-state index in [1.807, 2.05) is 6.07 Å². The third-order valence-corrected chi connectivity index (χ3v) is 4.42. The van der Waals surface area contributed by atoms with Crippen molar-refractivity contribution in [2.75, 3.05) is 25.6 Å². The minimum absolute atomic E-state index is 0.124. The molecule has 0 saturated heterocycles. The number of halogens is 1. The maximum Gasteiger partial charge on any atom is 0.257 e. The van der Waals surface area contributed by atoms with Crippen LogP contribution in [-0.2, 0) is 4.74 Å². The van der Waals surface area contributed by atoms with E-state index in [9.17, 15) is 9.59 Å². The van der Waals surface area contributed by atoms with Gasteiger partial charge in [-0.1, -0.05) is 18.2 Å². The van der Waals surface area contributed by atoms with E-state index in [1.54, 1.807) is 49.6 Å². The molecule has 2 rings (SSSR count). The SMILES string of the molecule is COCCCNC(=O)c1ccccc1NC(=S)NC(=O)c1cccc(I)c1. The number of anilines is 1. The second-order valence-electron chi connectivity index (χ2n) is 5.57. The minimum atomic E-state index is -0.312. The van der Waals surface area contributed by atoms with E-state index in [0.717, 1.165) is 9.99 Å². The molecule has 0 heterocycles. The average molecular weight is 497 g/mol. The molecule has 6 nitrogen and oxygen atoms in total. The summed E-state index contributed by atoms with van der Waals surface area (Å²) >= 11 is 7.36. The van der Waals surface area contributed by atoms with Crippen LogP contribution in [-0.4, -0.2) is 37.2 Å². The summed E-state index contributed by atoms with van der Waals surface area (Å²) < 4.78 is 5.92. The van der Waals surface area contributed by atoms with Crippen molar-refractivity contribution in [3.8, 4) is 0 Å². The molecule has 2 aromatic rings. The Labute approximate surface area is 177 Å². The Morgan fingerprint density at radius 3 is 2.63 bits per heavy atom. The summed E-state index contributed by atoms with van der Waals surface area (Å²) in [4.78, 5) is 24.7. The van der Waals surface area contributed by atoms with Gasteiger partial charge in [-0.15, -0.1) is 0 Å². The first-order valence-electron chi connectivity index (χ1n) is 8.25. The number of rotatable bonds is 7. The van der Waals surface area contributed by atoms with Crippen molar-refractivity contribution in [3.63, 3.8) is 0 Å². The fraction of sp³-hybridized carbons (Fsp3) is 0.211. The molecule has 0 aliphatic heterocycles. The Morgan fingerprint density at radius 2 is 1.89 bits per heavy atom. The molecular weight excluding hydrogens is 477 g/mol. The lowest BCUT2D eigenvalue weighted by molar-refractivity contribution is 0.0947. The zero-order valence-electron chi connectivity index (χ0n) is 14.8. The molecule has 0 unspecified atom stereocenters. The molecule has 0 aliphatic carbocycles. The first kappa shape index (κ1) is 21.3. The molecule has 27 heavy (non-hydrogen) atoms. The highest BCUT2D eigenvalue weighted by molar-refractivity contribution is 14.1. The number of amides is 2. The number of para-hydroxylation sites is 1. The lowest BCUT2D eigenvalue weighted by Crippen LogP contribution is -2.35. The largest absolute Gasteiger partial charge is 0.385 e. The second kappa shape index (κ2) is 11.0. The van der Waals surface area contributed by atoms with Crippen molar-refractivity contribution in [1.82, 2.24) is 10.6 Å². The monoisotopic (exact) mass is 497 g/mol. The molecule has 0 fully saturated rings. The fourth-order valence-corrected chi connectivity index (χ4v) is 3.01. The predicted octanol–water partition coefficient (Wildman–Crippen LogP) is 3.18. The van der Waals surface area contributed by atoms with Crippen LogP contribution < -0.4 is 16.0 Å². The summed E-state index contributed by atoms with van der Waals surface area (Å²) in [6, 6.07) is 14.1. The lowest BCUT2D eigenvalue weighted by atomic mass is 10.1. The van der Waals surface area contributed by atoms with Gasteiger partial charge in [-0.2, -0.15) is 0 Å². The average Bonchev–Trinajstić information content (AvgIpc) is 2.65. The van der Waals surface area contributed by atoms with Gasteiger partial charge in [0.15, 0.2) is 5.11 Å². The van der Waals surface area contributed by atoms with Gasteiger partial charge in [0.1, 0.15) is 0 Å². The number of benzene rings is 2. The Kier molecular flexibility index (Phi) is 8.62. The van der Waals surface area contributed by atoms with Crippen molar-refractivity contribution in [1.29, 1.82) is 0 Å². The van der Waals surface area contributed by atoms with Crippen molar-refractivity contribution in [2.45, 2.75) is 6.42 Å². The van der Waals surface area contributed by atoms with Crippen LogP contribution in [0.15, 0.2) is 48.5 Å². The van der Waals surface area contributed by atoms with Gasteiger partial charge in [0.05, 0.1) is 11.3 Å². The number of carbonyl (C=O) groups is 2. The topological polar surface area (TPSA) is 79.5 Å². The molecule has 0 spiro atoms. The Balaban J connectivity index is 1.99. The molecule has 2 amide bonds. The molecular formula is C19H20IN3O3S. The number of ether oxygens (including phenoxy) is 1. The normalized spacial score (nSPS) is 10.1. The molecule has 142 valence electrons. The highest BCUT2D eigenvalue weighted by Gasteiger charge is 2.13. The van der Waals surface area contributed by atoms with Crippen molar-refractivity contribution >= 4 is 57.4 Å². The second-order valence-corrected chi connectivity index (χ2v) is 7.22. The molecule has 0 atom stereocenters. The molecule has 8 heteroatoms. The third-order valence-electron chi connectivity index (χ3n) is 3.54. The van der Waals surface area contributed by atoms with Crippen LogP contribution in [0.3, 0.4) is 0 Å². The molecule has 0 aromatic heterocycles. The van der Waals surface area contributed by atoms with Crippen LogP contribution in [0.5, 0.6) is 0 Å². The maximum atomic E-state index is 12.4. The van der Waals surface area contributed by atoms with Crippen LogP contribution in [0.4, 0.5) is 5.69 Å². The Bertz CT molecular complexity index is 829. The number of nitrogens with one attached hydrogen (secondary N) is 3. The first-order valence-corrected chi connectivity index (χ1v) is 9.74. The van der Waals surface area contributed by atoms with Crippen LogP contribution in [0.2, 0.25) is 0 Å². The van der Waals surface area contributed by atoms with E-state index >= 15 is 0 Å². The number of carbonyl (C=O) groups excluding carboxylic acids is 2. The quantitative estimate of drug-likeness (QED) is 0.311. The van der Waals surface area contributed by atoms with Crippen LogP contribution in [0.1, 0.15) is 27.1 Å². The Morgan fingerprint density at radius 1 is 1.11 bits per heavy atom. The van der Waals surface area contributed by atoms with Crippen molar-refractivity contribution < 1.29 is 14.3 Å². The van der Waals surface area contributed by atoms with E-state index in [-0.39, 0.29) is 16.9 Å². The van der Waals surface area contributed by atoms with E-state index < -0.39 is 0 Å². The number of methoxy groups -OCH3 is 1. The van der Waals surface area contributed by atoms with Crippen molar-refractivity contribution in [3.05, 3.63) is 63.2 Å². The number of thiocarbonyl (C=S) groups is 1. The van der Waals surface area contributed by atoms with Crippen LogP contribution in [0, 0.1) is 3.57 Å². The highest BCUT2D eigenvalue weighted by Crippen LogP contribution is 2.15. The summed E-state index contributed by atoms with van der Waals surface area (Å²) in [5.41, 5.74) is 1.48. The maximum absolute atomic E-state index is 12.4. The smallest absolute Gasteiger partial charge is 0.257 e. The van der Waals surface area contributed by atoms with Gasteiger partial charge in [0.2, 0.25) is 0 Å². The lowest BCUT2D eigenvalue weighted by Gasteiger charge is -2.13. The van der Waals surface area contributed by atoms with Gasteiger partial charge in [-0.3, -0.25) is 14.9 Å². The highest BCUT2D eigenvalue weighted by atomic mass is 127. The summed E-state index contributed by atoms with van der Waals surface area (Å²) in [7, 11) is 1.62. The summed E-state index contributed by atoms with van der Waals surface area (Å²) in [6.07, 6.45) is 0.724. The third kappa shape index (κ3) is 6.89. The molecule has 2 aromatic carbocycles. The Hall–Kier alpha value is -2.04. The van der Waals surface area contributed by atoms with E-state index in [4.69, 9.17) is 17.0 Å². The molecule has 0 aliphatic rings. The van der Waals surface area contributed by atoms with Gasteiger partial charge < -0.3 is 15.4 Å². The van der Waals surface area contributed by atoms with Gasteiger partial charge in [-0.25, -0.2) is 0 Å². The fourth-order valence-electron chi connectivity index (χ4n) is 2.26. The van der Waals surface area contributed by atoms with Crippen LogP contribution in [0.25, 0.3) is 0 Å². The van der Waals surface area contributed by atoms with Gasteiger partial charge in [0.25, 0.3) is 11.8 Å². The standard InChI is InChI=1S/C19H20IN3O3S/c1-26-11-5-10-21-18(25)15-8-2-3-9-16(15)22-19(27)23-17(24)13-6-4-7-14(20)12-13/h2-4,6-9,12H,5,10-11H2,1H3,(H,21,25)(H2,22,23,24,27). The van der Waals surface area contributed by atoms with Gasteiger partial charge >= 0.3 is 0 Å². The van der Waals surface area contributed by atoms with E-state index in [1.165, 1.54) is 0 Å². The molecule has 0 radical (unpaired) electrons. The minimum Gasteiger partial charge on any atom is -0.385 e. The molecule has 3 N–H and O–H groups in total. The summed E-state index contributed by atoms with van der Waals surface area (Å²) in [5.74, 6) is -0.534. The summed E-state index contributed by atoms with van der Waals surface area (Å²) in [5, 5.41) is 8.50. The summed E-state index contributed by atoms with van der Waals surface area (Å²) in [6.45, 7) is 1.09. The van der Waals surface area contributed by atoms with Gasteiger partial charge in [-0.05, 0) is 71.6 Å². The molecule has 0 bridgehead atoms. The van der Waals surface area contributed by atoms with E-state index in [0.29, 0.717) is 30.0 Å². The predicted molar refractivity (Wildman–Crippen MR) is 118 cm³/mol. The molecule has 0 saturated carbocycles. The van der Waals surface area contributed by atoms with Crippen LogP contribution >= 0.6 is 34.8 Å². The van der Waals surface area contributed by atoms with E-state index in [2.05, 4.69) is 38.5 Å². The first-order chi connectivity index (χ1) is 13.0. The number of hydrogen-bond donors (Lipinski definition) is 3.